The lowest BCUT2D eigenvalue weighted by Gasteiger charge is -2.26. The van der Waals surface area contributed by atoms with Gasteiger partial charge in [0.1, 0.15) is 17.3 Å². The molecule has 2 aromatic carbocycles. The van der Waals surface area contributed by atoms with Gasteiger partial charge in [0.2, 0.25) is 5.78 Å². The number of aromatic nitrogens is 1. The number of rotatable bonds is 7. The fourth-order valence-corrected chi connectivity index (χ4v) is 5.54. The Balaban J connectivity index is 1.87. The number of allylic oxidation sites excluding steroid dienone is 1. The van der Waals surface area contributed by atoms with Crippen molar-refractivity contribution in [1.29, 1.82) is 5.26 Å². The second-order valence-corrected chi connectivity index (χ2v) is 10.1. The van der Waals surface area contributed by atoms with Crippen molar-refractivity contribution in [2.75, 3.05) is 40.4 Å². The lowest BCUT2D eigenvalue weighted by atomic mass is 10.1. The van der Waals surface area contributed by atoms with Crippen LogP contribution >= 0.6 is 0 Å². The summed E-state index contributed by atoms with van der Waals surface area (Å²) in [6.45, 7) is 3.71. The number of carbonyl (C=O) groups excluding carboxylic acids is 1. The van der Waals surface area contributed by atoms with Gasteiger partial charge in [0.05, 0.1) is 23.6 Å². The molecule has 0 saturated carbocycles. The molecule has 0 amide bonds. The van der Waals surface area contributed by atoms with Gasteiger partial charge in [0, 0.05) is 45.3 Å². The molecule has 0 aliphatic carbocycles. The summed E-state index contributed by atoms with van der Waals surface area (Å²) >= 11 is 0. The van der Waals surface area contributed by atoms with Gasteiger partial charge in [-0.25, -0.2) is 12.4 Å². The van der Waals surface area contributed by atoms with Crippen LogP contribution in [-0.2, 0) is 21.3 Å². The van der Waals surface area contributed by atoms with Crippen LogP contribution < -0.4 is 0 Å². The minimum absolute atomic E-state index is 0.0639. The quantitative estimate of drug-likeness (QED) is 0.293. The highest BCUT2D eigenvalue weighted by Gasteiger charge is 2.28. The molecule has 0 radical (unpaired) electrons. The molecule has 0 spiro atoms. The molecule has 0 bridgehead atoms. The van der Waals surface area contributed by atoms with E-state index in [1.165, 1.54) is 18.3 Å². The van der Waals surface area contributed by atoms with Crippen molar-refractivity contribution in [3.8, 4) is 6.07 Å². The summed E-state index contributed by atoms with van der Waals surface area (Å²) in [5.41, 5.74) is 1.18. The number of benzene rings is 2. The summed E-state index contributed by atoms with van der Waals surface area (Å²) in [6.07, 6.45) is 1.39. The van der Waals surface area contributed by atoms with Crippen molar-refractivity contribution in [3.05, 3.63) is 77.6 Å². The summed E-state index contributed by atoms with van der Waals surface area (Å²) in [5.74, 6) is -0.651. The first-order valence-electron chi connectivity index (χ1n) is 10.9. The summed E-state index contributed by atoms with van der Waals surface area (Å²) < 4.78 is 33.8. The zero-order chi connectivity index (χ0) is 24.3. The van der Waals surface area contributed by atoms with Gasteiger partial charge in [-0.15, -0.1) is 0 Å². The molecule has 1 aliphatic rings. The number of nitrogens with zero attached hydrogens (tertiary/aromatic N) is 4. The Kier molecular flexibility index (Phi) is 6.84. The fraction of sp³-hybridized carbons (Fsp3) is 0.280. The van der Waals surface area contributed by atoms with Crippen LogP contribution in [-0.4, -0.2) is 68.4 Å². The molecule has 0 N–H and O–H groups in total. The van der Waals surface area contributed by atoms with E-state index >= 15 is 0 Å². The standard InChI is InChI=1S/C25H26N4O4S/c1-27(2)18-21(16-26)25(30)24-15-20-14-19(17-28-10-12-33-13-11-28)8-9-23(20)29(24)34(31,32)22-6-4-3-5-7-22/h3-9,14-15,18H,10-13,17H2,1-2H3. The Hall–Kier alpha value is -3.45. The third-order valence-corrected chi connectivity index (χ3v) is 7.34. The van der Waals surface area contributed by atoms with Gasteiger partial charge in [0.15, 0.2) is 0 Å². The minimum Gasteiger partial charge on any atom is -0.382 e. The number of Topliss-reactive ketones (excluding diaryl/α,β-unsaturated/α-hetero) is 1. The van der Waals surface area contributed by atoms with E-state index in [2.05, 4.69) is 4.90 Å². The largest absolute Gasteiger partial charge is 0.382 e. The Bertz CT molecular complexity index is 1380. The molecule has 4 rings (SSSR count). The van der Waals surface area contributed by atoms with Gasteiger partial charge in [0.25, 0.3) is 10.0 Å². The minimum atomic E-state index is -4.09. The molecular formula is C25H26N4O4S. The Labute approximate surface area is 199 Å². The van der Waals surface area contributed by atoms with Crippen molar-refractivity contribution in [1.82, 2.24) is 13.8 Å². The average Bonchev–Trinajstić information content (AvgIpc) is 3.23. The van der Waals surface area contributed by atoms with Gasteiger partial charge in [-0.05, 0) is 35.9 Å². The number of fused-ring (bicyclic) bond motifs is 1. The first-order valence-corrected chi connectivity index (χ1v) is 12.3. The Morgan fingerprint density at radius 1 is 1.12 bits per heavy atom. The highest BCUT2D eigenvalue weighted by molar-refractivity contribution is 7.90. The first-order chi connectivity index (χ1) is 16.3. The van der Waals surface area contributed by atoms with E-state index in [-0.39, 0.29) is 16.2 Å². The zero-order valence-electron chi connectivity index (χ0n) is 19.1. The maximum Gasteiger partial charge on any atom is 0.268 e. The average molecular weight is 479 g/mol. The number of hydrogen-bond donors (Lipinski definition) is 0. The second kappa shape index (κ2) is 9.81. The Morgan fingerprint density at radius 2 is 1.82 bits per heavy atom. The van der Waals surface area contributed by atoms with E-state index < -0.39 is 15.8 Å². The number of ketones is 1. The van der Waals surface area contributed by atoms with E-state index in [0.717, 1.165) is 22.6 Å². The molecule has 8 nitrogen and oxygen atoms in total. The van der Waals surface area contributed by atoms with Crippen LogP contribution in [0.4, 0.5) is 0 Å². The molecule has 1 saturated heterocycles. The molecular weight excluding hydrogens is 452 g/mol. The number of nitriles is 1. The SMILES string of the molecule is CN(C)C=C(C#N)C(=O)c1cc2cc(CN3CCOCC3)ccc2n1S(=O)(=O)c1ccccc1. The lowest BCUT2D eigenvalue weighted by Crippen LogP contribution is -2.35. The smallest absolute Gasteiger partial charge is 0.268 e. The van der Waals surface area contributed by atoms with Gasteiger partial charge in [-0.3, -0.25) is 9.69 Å². The van der Waals surface area contributed by atoms with Crippen molar-refractivity contribution in [2.24, 2.45) is 0 Å². The molecule has 1 aliphatic heterocycles. The van der Waals surface area contributed by atoms with E-state index in [1.54, 1.807) is 49.3 Å². The third kappa shape index (κ3) is 4.75. The Morgan fingerprint density at radius 3 is 2.47 bits per heavy atom. The summed E-state index contributed by atoms with van der Waals surface area (Å²) in [7, 11) is -0.703. The summed E-state index contributed by atoms with van der Waals surface area (Å²) in [4.78, 5) is 17.3. The normalized spacial score (nSPS) is 15.3. The van der Waals surface area contributed by atoms with Gasteiger partial charge >= 0.3 is 0 Å². The highest BCUT2D eigenvalue weighted by atomic mass is 32.2. The molecule has 0 atom stereocenters. The molecule has 1 aromatic heterocycles. The van der Waals surface area contributed by atoms with Crippen molar-refractivity contribution >= 4 is 26.7 Å². The molecule has 0 unspecified atom stereocenters. The zero-order valence-corrected chi connectivity index (χ0v) is 20.0. The van der Waals surface area contributed by atoms with E-state index in [4.69, 9.17) is 4.74 Å². The van der Waals surface area contributed by atoms with Crippen LogP contribution in [0.3, 0.4) is 0 Å². The number of morpholine rings is 1. The summed E-state index contributed by atoms with van der Waals surface area (Å²) in [5, 5.41) is 10.2. The van der Waals surface area contributed by atoms with Gasteiger partial charge < -0.3 is 9.64 Å². The van der Waals surface area contributed by atoms with E-state index in [0.29, 0.717) is 30.7 Å². The van der Waals surface area contributed by atoms with Crippen LogP contribution in [0.5, 0.6) is 0 Å². The van der Waals surface area contributed by atoms with Crippen LogP contribution in [0.1, 0.15) is 16.1 Å². The molecule has 3 aromatic rings. The van der Waals surface area contributed by atoms with Crippen molar-refractivity contribution in [3.63, 3.8) is 0 Å². The fourth-order valence-electron chi connectivity index (χ4n) is 4.01. The number of carbonyl (C=O) groups is 1. The van der Waals surface area contributed by atoms with Crippen LogP contribution in [0.25, 0.3) is 10.9 Å². The van der Waals surface area contributed by atoms with Crippen LogP contribution in [0.15, 0.2) is 71.3 Å². The molecule has 176 valence electrons. The van der Waals surface area contributed by atoms with Crippen LogP contribution in [0, 0.1) is 11.3 Å². The topological polar surface area (TPSA) is 95.6 Å². The van der Waals surface area contributed by atoms with Crippen molar-refractivity contribution in [2.45, 2.75) is 11.4 Å². The van der Waals surface area contributed by atoms with Gasteiger partial charge in [-0.2, -0.15) is 5.26 Å². The highest BCUT2D eigenvalue weighted by Crippen LogP contribution is 2.28. The molecule has 2 heterocycles. The predicted molar refractivity (Wildman–Crippen MR) is 129 cm³/mol. The maximum absolute atomic E-state index is 13.6. The summed E-state index contributed by atoms with van der Waals surface area (Å²) in [6, 6.07) is 16.9. The maximum atomic E-state index is 13.6. The number of ether oxygens (including phenoxy) is 1. The third-order valence-electron chi connectivity index (χ3n) is 5.60. The molecule has 34 heavy (non-hydrogen) atoms. The predicted octanol–water partition coefficient (Wildman–Crippen LogP) is 2.86. The second-order valence-electron chi connectivity index (χ2n) is 8.34. The lowest BCUT2D eigenvalue weighted by molar-refractivity contribution is 0.0342. The monoisotopic (exact) mass is 478 g/mol. The van der Waals surface area contributed by atoms with E-state index in [1.807, 2.05) is 18.2 Å². The van der Waals surface area contributed by atoms with Crippen LogP contribution in [0.2, 0.25) is 0 Å². The molecule has 9 heteroatoms. The van der Waals surface area contributed by atoms with Gasteiger partial charge in [-0.1, -0.05) is 24.3 Å². The van der Waals surface area contributed by atoms with Crippen molar-refractivity contribution < 1.29 is 17.9 Å². The number of hydrogen-bond acceptors (Lipinski definition) is 7. The van der Waals surface area contributed by atoms with E-state index in [9.17, 15) is 18.5 Å². The first kappa shape index (κ1) is 23.7. The molecule has 1 fully saturated rings.